The number of aromatic nitrogens is 3. The highest BCUT2D eigenvalue weighted by Crippen LogP contribution is 2.36. The summed E-state index contributed by atoms with van der Waals surface area (Å²) in [5, 5.41) is 14.0. The quantitative estimate of drug-likeness (QED) is 0.869. The first-order chi connectivity index (χ1) is 10.2. The maximum Gasteiger partial charge on any atom is 0.307 e. The summed E-state index contributed by atoms with van der Waals surface area (Å²) < 4.78 is 1.81. The van der Waals surface area contributed by atoms with Crippen LogP contribution in [0.2, 0.25) is 0 Å². The molecule has 2 unspecified atom stereocenters. The Bertz CT molecular complexity index is 544. The summed E-state index contributed by atoms with van der Waals surface area (Å²) in [6.07, 6.45) is 11.5. The number of aliphatic carboxylic acids is 1. The summed E-state index contributed by atoms with van der Waals surface area (Å²) in [5.41, 5.74) is 0. The Hall–Kier alpha value is -1.65. The van der Waals surface area contributed by atoms with Gasteiger partial charge in [-0.15, -0.1) is 0 Å². The molecule has 2 aliphatic rings. The normalized spacial score (nSPS) is 26.9. The lowest BCUT2D eigenvalue weighted by atomic mass is 9.82. The van der Waals surface area contributed by atoms with Crippen molar-refractivity contribution >= 4 is 5.97 Å². The minimum atomic E-state index is -0.730. The molecule has 0 aliphatic heterocycles. The average molecular weight is 289 g/mol. The number of hydrogen-bond donors (Lipinski definition) is 1. The number of hydrogen-bond acceptors (Lipinski definition) is 3. The van der Waals surface area contributed by atoms with Gasteiger partial charge in [0, 0.05) is 18.9 Å². The molecule has 3 rings (SSSR count). The predicted molar refractivity (Wildman–Crippen MR) is 79.1 cm³/mol. The van der Waals surface area contributed by atoms with Gasteiger partial charge in [-0.1, -0.05) is 31.4 Å². The van der Waals surface area contributed by atoms with Gasteiger partial charge in [0.15, 0.2) is 5.82 Å². The zero-order valence-electron chi connectivity index (χ0n) is 12.5. The summed E-state index contributed by atoms with van der Waals surface area (Å²) in [5.74, 6) is 1.06. The molecule has 1 aromatic rings. The van der Waals surface area contributed by atoms with Crippen LogP contribution in [0.4, 0.5) is 0 Å². The third-order valence-electron chi connectivity index (χ3n) is 4.86. The molecule has 0 amide bonds. The monoisotopic (exact) mass is 289 g/mol. The number of rotatable bonds is 3. The summed E-state index contributed by atoms with van der Waals surface area (Å²) in [6.45, 7) is 0. The highest BCUT2D eigenvalue weighted by atomic mass is 16.4. The highest BCUT2D eigenvalue weighted by Gasteiger charge is 2.34. The summed E-state index contributed by atoms with van der Waals surface area (Å²) in [6, 6.07) is 0. The van der Waals surface area contributed by atoms with Crippen LogP contribution in [-0.2, 0) is 11.8 Å². The fourth-order valence-corrected chi connectivity index (χ4v) is 3.65. The van der Waals surface area contributed by atoms with Crippen molar-refractivity contribution in [3.63, 3.8) is 0 Å². The van der Waals surface area contributed by atoms with Gasteiger partial charge in [0.2, 0.25) is 0 Å². The van der Waals surface area contributed by atoms with Gasteiger partial charge in [-0.25, -0.2) is 4.98 Å². The van der Waals surface area contributed by atoms with Crippen molar-refractivity contribution in [2.45, 2.75) is 56.8 Å². The summed E-state index contributed by atoms with van der Waals surface area (Å²) >= 11 is 0. The molecule has 0 spiro atoms. The largest absolute Gasteiger partial charge is 0.481 e. The SMILES string of the molecule is Cn1nc(C2CCCCC2)nc1C1CC=CCC1C(=O)O. The Morgan fingerprint density at radius 1 is 1.24 bits per heavy atom. The number of carboxylic acid groups (broad SMARTS) is 1. The summed E-state index contributed by atoms with van der Waals surface area (Å²) in [4.78, 5) is 16.2. The van der Waals surface area contributed by atoms with E-state index in [-0.39, 0.29) is 11.8 Å². The van der Waals surface area contributed by atoms with Crippen LogP contribution in [0.3, 0.4) is 0 Å². The first-order valence-electron chi connectivity index (χ1n) is 7.95. The molecule has 1 fully saturated rings. The van der Waals surface area contributed by atoms with E-state index in [0.29, 0.717) is 12.3 Å². The van der Waals surface area contributed by atoms with Crippen molar-refractivity contribution in [3.05, 3.63) is 23.8 Å². The van der Waals surface area contributed by atoms with Crippen molar-refractivity contribution in [1.82, 2.24) is 14.8 Å². The number of allylic oxidation sites excluding steroid dienone is 2. The van der Waals surface area contributed by atoms with Crippen LogP contribution in [0, 0.1) is 5.92 Å². The van der Waals surface area contributed by atoms with E-state index < -0.39 is 5.97 Å². The number of aryl methyl sites for hydroxylation is 1. The smallest absolute Gasteiger partial charge is 0.307 e. The maximum absolute atomic E-state index is 11.5. The molecular formula is C16H23N3O2. The zero-order valence-corrected chi connectivity index (χ0v) is 12.5. The molecule has 2 aliphatic carbocycles. The van der Waals surface area contributed by atoms with Gasteiger partial charge >= 0.3 is 5.97 Å². The van der Waals surface area contributed by atoms with Crippen molar-refractivity contribution in [2.24, 2.45) is 13.0 Å². The standard InChI is InChI=1S/C16H23N3O2/c1-19-15(12-9-5-6-10-13(12)16(20)21)17-14(18-19)11-7-3-2-4-8-11/h5-6,11-13H,2-4,7-10H2,1H3,(H,20,21). The topological polar surface area (TPSA) is 68.0 Å². The van der Waals surface area contributed by atoms with E-state index >= 15 is 0 Å². The van der Waals surface area contributed by atoms with Crippen LogP contribution >= 0.6 is 0 Å². The Kier molecular flexibility index (Phi) is 4.08. The van der Waals surface area contributed by atoms with Gasteiger partial charge in [0.05, 0.1) is 5.92 Å². The minimum Gasteiger partial charge on any atom is -0.481 e. The second kappa shape index (κ2) is 6.00. The molecule has 0 saturated heterocycles. The number of carboxylic acids is 1. The van der Waals surface area contributed by atoms with Gasteiger partial charge in [-0.05, 0) is 25.7 Å². The van der Waals surface area contributed by atoms with Gasteiger partial charge in [-0.3, -0.25) is 9.48 Å². The maximum atomic E-state index is 11.5. The van der Waals surface area contributed by atoms with E-state index in [1.807, 2.05) is 17.8 Å². The van der Waals surface area contributed by atoms with Gasteiger partial charge < -0.3 is 5.11 Å². The van der Waals surface area contributed by atoms with E-state index in [9.17, 15) is 9.90 Å². The van der Waals surface area contributed by atoms with E-state index in [0.717, 1.165) is 30.9 Å². The van der Waals surface area contributed by atoms with E-state index in [1.165, 1.54) is 19.3 Å². The van der Waals surface area contributed by atoms with Gasteiger partial charge in [0.25, 0.3) is 0 Å². The van der Waals surface area contributed by atoms with Crippen LogP contribution in [-0.4, -0.2) is 25.8 Å². The lowest BCUT2D eigenvalue weighted by Gasteiger charge is -2.24. The number of carbonyl (C=O) groups is 1. The molecule has 21 heavy (non-hydrogen) atoms. The third kappa shape index (κ3) is 2.87. The predicted octanol–water partition coefficient (Wildman–Crippen LogP) is 3.00. The van der Waals surface area contributed by atoms with Gasteiger partial charge in [-0.2, -0.15) is 5.10 Å². The third-order valence-corrected chi connectivity index (χ3v) is 4.86. The molecule has 1 aromatic heterocycles. The lowest BCUT2D eigenvalue weighted by Crippen LogP contribution is -2.25. The van der Waals surface area contributed by atoms with Crippen LogP contribution in [0.5, 0.6) is 0 Å². The van der Waals surface area contributed by atoms with E-state index in [4.69, 9.17) is 4.98 Å². The number of nitrogens with zero attached hydrogens (tertiary/aromatic N) is 3. The Balaban J connectivity index is 1.86. The van der Waals surface area contributed by atoms with Crippen LogP contribution in [0.1, 0.15) is 68.4 Å². The lowest BCUT2D eigenvalue weighted by molar-refractivity contribution is -0.142. The second-order valence-corrected chi connectivity index (χ2v) is 6.28. The van der Waals surface area contributed by atoms with Crippen molar-refractivity contribution < 1.29 is 9.90 Å². The molecule has 5 heteroatoms. The molecule has 0 radical (unpaired) electrons. The first-order valence-corrected chi connectivity index (χ1v) is 7.95. The molecular weight excluding hydrogens is 266 g/mol. The fourth-order valence-electron chi connectivity index (χ4n) is 3.65. The molecule has 5 nitrogen and oxygen atoms in total. The fraction of sp³-hybridized carbons (Fsp3) is 0.688. The first kappa shape index (κ1) is 14.3. The Morgan fingerprint density at radius 2 is 1.95 bits per heavy atom. The van der Waals surface area contributed by atoms with Crippen molar-refractivity contribution in [2.75, 3.05) is 0 Å². The van der Waals surface area contributed by atoms with Crippen LogP contribution in [0.25, 0.3) is 0 Å². The van der Waals surface area contributed by atoms with Crippen LogP contribution < -0.4 is 0 Å². The van der Waals surface area contributed by atoms with E-state index in [2.05, 4.69) is 11.2 Å². The molecule has 1 saturated carbocycles. The second-order valence-electron chi connectivity index (χ2n) is 6.28. The molecule has 2 atom stereocenters. The molecule has 1 heterocycles. The Morgan fingerprint density at radius 3 is 2.67 bits per heavy atom. The minimum absolute atomic E-state index is 0.0534. The zero-order chi connectivity index (χ0) is 14.8. The van der Waals surface area contributed by atoms with Crippen LogP contribution in [0.15, 0.2) is 12.2 Å². The van der Waals surface area contributed by atoms with Crippen molar-refractivity contribution in [3.8, 4) is 0 Å². The molecule has 0 bridgehead atoms. The molecule has 0 aromatic carbocycles. The van der Waals surface area contributed by atoms with Crippen molar-refractivity contribution in [1.29, 1.82) is 0 Å². The molecule has 1 N–H and O–H groups in total. The summed E-state index contributed by atoms with van der Waals surface area (Å²) in [7, 11) is 1.89. The van der Waals surface area contributed by atoms with Gasteiger partial charge in [0.1, 0.15) is 5.82 Å². The Labute approximate surface area is 125 Å². The van der Waals surface area contributed by atoms with E-state index in [1.54, 1.807) is 0 Å². The average Bonchev–Trinajstić information content (AvgIpc) is 2.90. The molecule has 114 valence electrons. The highest BCUT2D eigenvalue weighted by molar-refractivity contribution is 5.71.